The topological polar surface area (TPSA) is 94.2 Å². The zero-order valence-electron chi connectivity index (χ0n) is 13.1. The molecule has 0 aliphatic rings. The van der Waals surface area contributed by atoms with Gasteiger partial charge in [0, 0.05) is 35.6 Å². The van der Waals surface area contributed by atoms with Gasteiger partial charge in [-0.3, -0.25) is 14.4 Å². The summed E-state index contributed by atoms with van der Waals surface area (Å²) in [6.07, 6.45) is 0. The fourth-order valence-electron chi connectivity index (χ4n) is 2.32. The quantitative estimate of drug-likeness (QED) is 0.858. The van der Waals surface area contributed by atoms with Crippen molar-refractivity contribution in [2.75, 3.05) is 0 Å². The van der Waals surface area contributed by atoms with Crippen molar-refractivity contribution in [3.8, 4) is 0 Å². The van der Waals surface area contributed by atoms with Crippen LogP contribution < -0.4 is 16.5 Å². The van der Waals surface area contributed by atoms with Gasteiger partial charge in [0.2, 0.25) is 11.8 Å². The lowest BCUT2D eigenvalue weighted by Gasteiger charge is -2.14. The predicted octanol–water partition coefficient (Wildman–Crippen LogP) is 0.880. The Morgan fingerprint density at radius 3 is 2.17 bits per heavy atom. The van der Waals surface area contributed by atoms with Crippen molar-refractivity contribution in [2.24, 2.45) is 5.73 Å². The van der Waals surface area contributed by atoms with Gasteiger partial charge in [-0.15, -0.1) is 0 Å². The lowest BCUT2D eigenvalue weighted by atomic mass is 10.1. The highest BCUT2D eigenvalue weighted by Crippen LogP contribution is 2.04. The largest absolute Gasteiger partial charge is 0.366 e. The van der Waals surface area contributed by atoms with E-state index < -0.39 is 5.91 Å². The average Bonchev–Trinajstić information content (AvgIpc) is 2.49. The first-order chi connectivity index (χ1) is 10.9. The number of benzene rings is 1. The molecular weight excluding hydrogens is 294 g/mol. The summed E-state index contributed by atoms with van der Waals surface area (Å²) in [5.41, 5.74) is 7.91. The molecule has 0 fully saturated rings. The zero-order valence-corrected chi connectivity index (χ0v) is 13.1. The highest BCUT2D eigenvalue weighted by molar-refractivity contribution is 5.92. The fraction of sp³-hybridized carbons (Fsp3) is 0.235. The first kappa shape index (κ1) is 16.5. The van der Waals surface area contributed by atoms with Gasteiger partial charge >= 0.3 is 0 Å². The van der Waals surface area contributed by atoms with Crippen molar-refractivity contribution in [3.05, 3.63) is 69.1 Å². The van der Waals surface area contributed by atoms with E-state index in [2.05, 4.69) is 5.32 Å². The Balaban J connectivity index is 1.98. The Labute approximate surface area is 133 Å². The van der Waals surface area contributed by atoms with Gasteiger partial charge in [-0.1, -0.05) is 12.1 Å². The number of amides is 2. The molecule has 2 amide bonds. The number of carbonyl (C=O) groups is 2. The van der Waals surface area contributed by atoms with Crippen LogP contribution in [0.15, 0.2) is 41.2 Å². The second-order valence-corrected chi connectivity index (χ2v) is 5.40. The maximum absolute atomic E-state index is 12.1. The summed E-state index contributed by atoms with van der Waals surface area (Å²) in [4.78, 5) is 34.5. The maximum atomic E-state index is 12.1. The third-order valence-corrected chi connectivity index (χ3v) is 3.58. The van der Waals surface area contributed by atoms with Crippen LogP contribution in [0.4, 0.5) is 0 Å². The smallest absolute Gasteiger partial charge is 0.248 e. The first-order valence-corrected chi connectivity index (χ1v) is 7.20. The van der Waals surface area contributed by atoms with Gasteiger partial charge in [0.15, 0.2) is 5.43 Å². The van der Waals surface area contributed by atoms with Gasteiger partial charge in [0.1, 0.15) is 6.54 Å². The number of hydrogen-bond acceptors (Lipinski definition) is 3. The number of primary amides is 1. The van der Waals surface area contributed by atoms with Gasteiger partial charge < -0.3 is 15.6 Å². The summed E-state index contributed by atoms with van der Waals surface area (Å²) < 4.78 is 1.78. The lowest BCUT2D eigenvalue weighted by Crippen LogP contribution is -2.29. The average molecular weight is 313 g/mol. The molecule has 0 aliphatic heterocycles. The molecule has 3 N–H and O–H groups in total. The highest BCUT2D eigenvalue weighted by atomic mass is 16.2. The minimum absolute atomic E-state index is 0.0637. The van der Waals surface area contributed by atoms with Crippen molar-refractivity contribution >= 4 is 11.8 Å². The molecule has 2 rings (SSSR count). The Kier molecular flexibility index (Phi) is 4.95. The van der Waals surface area contributed by atoms with Gasteiger partial charge in [-0.05, 0) is 31.5 Å². The molecule has 0 spiro atoms. The van der Waals surface area contributed by atoms with Crippen LogP contribution in [0.2, 0.25) is 0 Å². The van der Waals surface area contributed by atoms with E-state index in [0.717, 1.165) is 17.0 Å². The van der Waals surface area contributed by atoms with Crippen LogP contribution in [0.3, 0.4) is 0 Å². The van der Waals surface area contributed by atoms with Crippen molar-refractivity contribution < 1.29 is 9.59 Å². The summed E-state index contributed by atoms with van der Waals surface area (Å²) in [6.45, 7) is 4.10. The number of rotatable bonds is 5. The number of carbonyl (C=O) groups excluding carboxylic acids is 2. The van der Waals surface area contributed by atoms with Crippen molar-refractivity contribution in [1.82, 2.24) is 9.88 Å². The van der Waals surface area contributed by atoms with Crippen molar-refractivity contribution in [3.63, 3.8) is 0 Å². The molecule has 1 aromatic heterocycles. The summed E-state index contributed by atoms with van der Waals surface area (Å²) in [5, 5.41) is 2.81. The number of nitrogens with zero attached hydrogens (tertiary/aromatic N) is 1. The number of nitrogens with one attached hydrogen (secondary N) is 1. The molecule has 120 valence electrons. The molecule has 1 aromatic carbocycles. The Hall–Kier alpha value is -2.89. The SMILES string of the molecule is Cc1cc(=O)cc(C)n1CC(=O)NCc1ccc(C(N)=O)cc1. The summed E-state index contributed by atoms with van der Waals surface area (Å²) in [7, 11) is 0. The van der Waals surface area contributed by atoms with Crippen LogP contribution in [-0.4, -0.2) is 16.4 Å². The van der Waals surface area contributed by atoms with E-state index in [0.29, 0.717) is 12.1 Å². The van der Waals surface area contributed by atoms with Gasteiger partial charge in [-0.2, -0.15) is 0 Å². The molecule has 0 atom stereocenters. The normalized spacial score (nSPS) is 10.3. The molecular formula is C17H19N3O3. The molecule has 23 heavy (non-hydrogen) atoms. The molecule has 0 saturated carbocycles. The third-order valence-electron chi connectivity index (χ3n) is 3.58. The molecule has 6 nitrogen and oxygen atoms in total. The third kappa shape index (κ3) is 4.29. The zero-order chi connectivity index (χ0) is 17.0. The highest BCUT2D eigenvalue weighted by Gasteiger charge is 2.07. The van der Waals surface area contributed by atoms with Crippen LogP contribution in [0.25, 0.3) is 0 Å². The van der Waals surface area contributed by atoms with Crippen LogP contribution in [0.5, 0.6) is 0 Å². The molecule has 0 radical (unpaired) electrons. The molecule has 0 unspecified atom stereocenters. The van der Waals surface area contributed by atoms with E-state index in [-0.39, 0.29) is 17.9 Å². The van der Waals surface area contributed by atoms with Crippen LogP contribution in [-0.2, 0) is 17.9 Å². The predicted molar refractivity (Wildman–Crippen MR) is 87.0 cm³/mol. The van der Waals surface area contributed by atoms with Crippen molar-refractivity contribution in [1.29, 1.82) is 0 Å². The Morgan fingerprint density at radius 1 is 1.09 bits per heavy atom. The number of nitrogens with two attached hydrogens (primary N) is 1. The number of hydrogen-bond donors (Lipinski definition) is 2. The molecule has 6 heteroatoms. The second kappa shape index (κ2) is 6.91. The Morgan fingerprint density at radius 2 is 1.65 bits per heavy atom. The van der Waals surface area contributed by atoms with Crippen LogP contribution >= 0.6 is 0 Å². The Bertz CT molecular complexity index is 765. The maximum Gasteiger partial charge on any atom is 0.248 e. The molecule has 0 bridgehead atoms. The minimum atomic E-state index is -0.482. The van der Waals surface area contributed by atoms with E-state index in [1.54, 1.807) is 42.7 Å². The standard InChI is InChI=1S/C17H19N3O3/c1-11-7-15(21)8-12(2)20(11)10-16(22)19-9-13-3-5-14(6-4-13)17(18)23/h3-8H,9-10H2,1-2H3,(H2,18,23)(H,19,22). The van der Waals surface area contributed by atoms with E-state index in [1.165, 1.54) is 12.1 Å². The summed E-state index contributed by atoms with van der Waals surface area (Å²) in [6, 6.07) is 9.75. The summed E-state index contributed by atoms with van der Waals surface area (Å²) in [5.74, 6) is -0.636. The number of aromatic nitrogens is 1. The summed E-state index contributed by atoms with van der Waals surface area (Å²) >= 11 is 0. The first-order valence-electron chi connectivity index (χ1n) is 7.20. The van der Waals surface area contributed by atoms with E-state index in [1.807, 2.05) is 0 Å². The van der Waals surface area contributed by atoms with E-state index in [9.17, 15) is 14.4 Å². The van der Waals surface area contributed by atoms with E-state index >= 15 is 0 Å². The van der Waals surface area contributed by atoms with Crippen LogP contribution in [0, 0.1) is 13.8 Å². The fourth-order valence-corrected chi connectivity index (χ4v) is 2.32. The van der Waals surface area contributed by atoms with Gasteiger partial charge in [-0.25, -0.2) is 0 Å². The van der Waals surface area contributed by atoms with Crippen molar-refractivity contribution in [2.45, 2.75) is 26.9 Å². The molecule has 0 aliphatic carbocycles. The second-order valence-electron chi connectivity index (χ2n) is 5.40. The monoisotopic (exact) mass is 313 g/mol. The minimum Gasteiger partial charge on any atom is -0.366 e. The van der Waals surface area contributed by atoms with Gasteiger partial charge in [0.05, 0.1) is 0 Å². The van der Waals surface area contributed by atoms with Crippen LogP contribution in [0.1, 0.15) is 27.3 Å². The number of aryl methyl sites for hydroxylation is 2. The number of pyridine rings is 1. The molecule has 0 saturated heterocycles. The molecule has 1 heterocycles. The van der Waals surface area contributed by atoms with Gasteiger partial charge in [0.25, 0.3) is 0 Å². The van der Waals surface area contributed by atoms with E-state index in [4.69, 9.17) is 5.73 Å². The molecule has 2 aromatic rings. The lowest BCUT2D eigenvalue weighted by molar-refractivity contribution is -0.121.